The lowest BCUT2D eigenvalue weighted by Gasteiger charge is -2.25. The van der Waals surface area contributed by atoms with Crippen molar-refractivity contribution in [1.82, 2.24) is 9.88 Å². The first-order valence-corrected chi connectivity index (χ1v) is 9.14. The maximum absolute atomic E-state index is 14.6. The molecular formula is C22H19FN2O3. The van der Waals surface area contributed by atoms with Gasteiger partial charge in [0.25, 0.3) is 11.7 Å². The third kappa shape index (κ3) is 2.69. The van der Waals surface area contributed by atoms with Crippen LogP contribution < -0.4 is 0 Å². The molecule has 1 aliphatic heterocycles. The molecule has 6 heteroatoms. The van der Waals surface area contributed by atoms with Crippen molar-refractivity contribution in [2.24, 2.45) is 0 Å². The first kappa shape index (κ1) is 18.0. The zero-order valence-electron chi connectivity index (χ0n) is 15.3. The first-order valence-electron chi connectivity index (χ1n) is 9.14. The summed E-state index contributed by atoms with van der Waals surface area (Å²) in [5, 5.41) is 11.8. The van der Waals surface area contributed by atoms with Crippen molar-refractivity contribution in [3.63, 3.8) is 0 Å². The number of nitrogens with one attached hydrogen (secondary N) is 1. The number of hydrogen-bond donors (Lipinski definition) is 2. The van der Waals surface area contributed by atoms with E-state index in [1.54, 1.807) is 24.4 Å². The fourth-order valence-electron chi connectivity index (χ4n) is 3.78. The van der Waals surface area contributed by atoms with Gasteiger partial charge in [0.2, 0.25) is 0 Å². The molecule has 1 amide bonds. The third-order valence-electron chi connectivity index (χ3n) is 5.05. The highest BCUT2D eigenvalue weighted by atomic mass is 19.1. The first-order chi connectivity index (χ1) is 13.5. The Balaban J connectivity index is 1.96. The number of Topliss-reactive ketones (excluding diaryl/α,β-unsaturated/α-hetero) is 1. The van der Waals surface area contributed by atoms with Gasteiger partial charge < -0.3 is 15.0 Å². The van der Waals surface area contributed by atoms with Crippen LogP contribution in [0.4, 0.5) is 4.39 Å². The number of ketones is 1. The summed E-state index contributed by atoms with van der Waals surface area (Å²) in [6.45, 7) is 2.16. The molecule has 4 rings (SSSR count). The fraction of sp³-hybridized carbons (Fsp3) is 0.182. The van der Waals surface area contributed by atoms with Crippen molar-refractivity contribution in [1.29, 1.82) is 0 Å². The van der Waals surface area contributed by atoms with Gasteiger partial charge in [-0.15, -0.1) is 0 Å². The Morgan fingerprint density at radius 2 is 1.86 bits per heavy atom. The highest BCUT2D eigenvalue weighted by Gasteiger charge is 2.46. The third-order valence-corrected chi connectivity index (χ3v) is 5.05. The Morgan fingerprint density at radius 3 is 2.61 bits per heavy atom. The average molecular weight is 378 g/mol. The number of aliphatic hydroxyl groups excluding tert-OH is 1. The molecule has 2 heterocycles. The second-order valence-electron chi connectivity index (χ2n) is 6.76. The molecule has 1 saturated heterocycles. The summed E-state index contributed by atoms with van der Waals surface area (Å²) in [6.07, 6.45) is 2.19. The number of nitrogens with zero attached hydrogens (tertiary/aromatic N) is 1. The second kappa shape index (κ2) is 6.96. The number of likely N-dealkylation sites (tertiary alicyclic amines) is 1. The largest absolute Gasteiger partial charge is 0.507 e. The summed E-state index contributed by atoms with van der Waals surface area (Å²) in [5.41, 5.74) is 1.30. The number of fused-ring (bicyclic) bond motifs is 1. The molecule has 3 aromatic rings. The predicted octanol–water partition coefficient (Wildman–Crippen LogP) is 4.14. The van der Waals surface area contributed by atoms with Gasteiger partial charge in [-0.2, -0.15) is 0 Å². The minimum atomic E-state index is -0.963. The zero-order valence-corrected chi connectivity index (χ0v) is 15.3. The Hall–Kier alpha value is -3.41. The van der Waals surface area contributed by atoms with Crippen LogP contribution in [0.25, 0.3) is 16.7 Å². The molecule has 0 aliphatic carbocycles. The van der Waals surface area contributed by atoms with E-state index in [4.69, 9.17) is 0 Å². The minimum Gasteiger partial charge on any atom is -0.507 e. The van der Waals surface area contributed by atoms with E-state index in [-0.39, 0.29) is 23.4 Å². The van der Waals surface area contributed by atoms with Crippen LogP contribution >= 0.6 is 0 Å². The van der Waals surface area contributed by atoms with E-state index in [1.807, 2.05) is 25.1 Å². The van der Waals surface area contributed by atoms with Crippen LogP contribution in [0.15, 0.2) is 60.3 Å². The lowest BCUT2D eigenvalue weighted by molar-refractivity contribution is -0.139. The molecule has 0 spiro atoms. The van der Waals surface area contributed by atoms with Crippen molar-refractivity contribution >= 4 is 28.4 Å². The van der Waals surface area contributed by atoms with Crippen LogP contribution in [0.2, 0.25) is 0 Å². The van der Waals surface area contributed by atoms with Gasteiger partial charge in [-0.05, 0) is 18.6 Å². The summed E-state index contributed by atoms with van der Waals surface area (Å²) in [7, 11) is 0. The predicted molar refractivity (Wildman–Crippen MR) is 104 cm³/mol. The Kier molecular flexibility index (Phi) is 4.47. The molecule has 2 aromatic carbocycles. The van der Waals surface area contributed by atoms with Gasteiger partial charge in [0.15, 0.2) is 0 Å². The lowest BCUT2D eigenvalue weighted by atomic mass is 9.94. The van der Waals surface area contributed by atoms with Crippen LogP contribution in [-0.2, 0) is 9.59 Å². The minimum absolute atomic E-state index is 0.0895. The summed E-state index contributed by atoms with van der Waals surface area (Å²) in [6, 6.07) is 12.4. The molecule has 1 aliphatic rings. The molecule has 0 bridgehead atoms. The molecule has 0 saturated carbocycles. The standard InChI is InChI=1S/C22H19FN2O3/c1-2-11-25-19(14-8-3-5-9-16(14)23)18(21(27)22(25)28)20(26)15-12-24-17-10-6-4-7-13(15)17/h3-10,12,19,24,26H,2,11H2,1H3/b20-18+. The number of aliphatic hydroxyl groups is 1. The van der Waals surface area contributed by atoms with Crippen molar-refractivity contribution in [2.75, 3.05) is 6.54 Å². The summed E-state index contributed by atoms with van der Waals surface area (Å²) in [4.78, 5) is 29.8. The molecule has 0 radical (unpaired) electrons. The number of aromatic nitrogens is 1. The number of carbonyl (C=O) groups is 2. The maximum Gasteiger partial charge on any atom is 0.295 e. The van der Waals surface area contributed by atoms with Crippen molar-refractivity contribution in [2.45, 2.75) is 19.4 Å². The van der Waals surface area contributed by atoms with Crippen LogP contribution in [0.5, 0.6) is 0 Å². The van der Waals surface area contributed by atoms with E-state index in [0.717, 1.165) is 5.52 Å². The summed E-state index contributed by atoms with van der Waals surface area (Å²) >= 11 is 0. The van der Waals surface area contributed by atoms with Gasteiger partial charge in [0, 0.05) is 34.8 Å². The lowest BCUT2D eigenvalue weighted by Crippen LogP contribution is -2.30. The van der Waals surface area contributed by atoms with Gasteiger partial charge in [-0.25, -0.2) is 4.39 Å². The van der Waals surface area contributed by atoms with Gasteiger partial charge in [-0.3, -0.25) is 9.59 Å². The average Bonchev–Trinajstić information content (AvgIpc) is 3.23. The van der Waals surface area contributed by atoms with E-state index in [2.05, 4.69) is 4.98 Å². The number of benzene rings is 2. The maximum atomic E-state index is 14.6. The molecule has 28 heavy (non-hydrogen) atoms. The molecule has 1 aromatic heterocycles. The molecule has 2 N–H and O–H groups in total. The molecule has 142 valence electrons. The van der Waals surface area contributed by atoms with Crippen molar-refractivity contribution < 1.29 is 19.1 Å². The SMILES string of the molecule is CCCN1C(=O)C(=O)/C(=C(/O)c2c[nH]c3ccccc23)C1c1ccccc1F. The Labute approximate surface area is 161 Å². The monoisotopic (exact) mass is 378 g/mol. The van der Waals surface area contributed by atoms with E-state index >= 15 is 0 Å². The smallest absolute Gasteiger partial charge is 0.295 e. The summed E-state index contributed by atoms with van der Waals surface area (Å²) < 4.78 is 14.6. The van der Waals surface area contributed by atoms with Crippen LogP contribution in [0.1, 0.15) is 30.5 Å². The van der Waals surface area contributed by atoms with Crippen LogP contribution in [-0.4, -0.2) is 33.2 Å². The van der Waals surface area contributed by atoms with Gasteiger partial charge in [0.1, 0.15) is 11.6 Å². The number of H-pyrrole nitrogens is 1. The topological polar surface area (TPSA) is 73.4 Å². The molecule has 5 nitrogen and oxygen atoms in total. The van der Waals surface area contributed by atoms with Gasteiger partial charge in [-0.1, -0.05) is 43.3 Å². The number of rotatable bonds is 4. The van der Waals surface area contributed by atoms with E-state index in [0.29, 0.717) is 17.4 Å². The zero-order chi connectivity index (χ0) is 19.8. The normalized spacial score (nSPS) is 18.9. The Bertz CT molecular complexity index is 1120. The van der Waals surface area contributed by atoms with E-state index < -0.39 is 23.5 Å². The highest BCUT2D eigenvalue weighted by Crippen LogP contribution is 2.41. The molecule has 1 fully saturated rings. The number of para-hydroxylation sites is 1. The number of amides is 1. The number of halogens is 1. The van der Waals surface area contributed by atoms with Gasteiger partial charge in [0.05, 0.1) is 11.6 Å². The molecular weight excluding hydrogens is 359 g/mol. The van der Waals surface area contributed by atoms with Gasteiger partial charge >= 0.3 is 0 Å². The van der Waals surface area contributed by atoms with E-state index in [1.165, 1.54) is 17.0 Å². The van der Waals surface area contributed by atoms with Crippen molar-refractivity contribution in [3.05, 3.63) is 77.2 Å². The number of carbonyl (C=O) groups excluding carboxylic acids is 2. The highest BCUT2D eigenvalue weighted by molar-refractivity contribution is 6.46. The molecule has 1 unspecified atom stereocenters. The second-order valence-corrected chi connectivity index (χ2v) is 6.76. The van der Waals surface area contributed by atoms with Crippen LogP contribution in [0.3, 0.4) is 0 Å². The van der Waals surface area contributed by atoms with Crippen LogP contribution in [0, 0.1) is 5.82 Å². The molecule has 1 atom stereocenters. The van der Waals surface area contributed by atoms with Crippen molar-refractivity contribution in [3.8, 4) is 0 Å². The quantitative estimate of drug-likeness (QED) is 0.407. The fourth-order valence-corrected chi connectivity index (χ4v) is 3.78. The number of aromatic amines is 1. The summed E-state index contributed by atoms with van der Waals surface area (Å²) in [5.74, 6) is -2.36. The number of hydrogen-bond acceptors (Lipinski definition) is 3. The Morgan fingerprint density at radius 1 is 1.14 bits per heavy atom. The van der Waals surface area contributed by atoms with E-state index in [9.17, 15) is 19.1 Å².